The van der Waals surface area contributed by atoms with Crippen LogP contribution in [0.4, 0.5) is 11.6 Å². The second kappa shape index (κ2) is 7.94. The highest BCUT2D eigenvalue weighted by Crippen LogP contribution is 2.38. The Bertz CT molecular complexity index is 982. The summed E-state index contributed by atoms with van der Waals surface area (Å²) in [5.74, 6) is 0.287. The third-order valence-electron chi connectivity index (χ3n) is 3.01. The maximum absolute atomic E-state index is 8.83. The standard InChI is InChI=1S/C16H7Cl4N5O/c17-9-5-11(18)13(12(19)6-9)26-16-24-14(20)23-15(25-16)22-10-3-1-8(7-21)2-4-10/h1-6H,(H,22,23,24,25). The van der Waals surface area contributed by atoms with E-state index in [4.69, 9.17) is 56.4 Å². The molecule has 26 heavy (non-hydrogen) atoms. The van der Waals surface area contributed by atoms with Gasteiger partial charge in [0.1, 0.15) is 0 Å². The molecule has 0 aliphatic rings. The summed E-state index contributed by atoms with van der Waals surface area (Å²) < 4.78 is 5.54. The minimum atomic E-state index is -0.104. The Morgan fingerprint density at radius 3 is 2.19 bits per heavy atom. The van der Waals surface area contributed by atoms with Crippen LogP contribution in [-0.4, -0.2) is 15.0 Å². The molecule has 0 aliphatic heterocycles. The van der Waals surface area contributed by atoms with Gasteiger partial charge in [-0.25, -0.2) is 0 Å². The van der Waals surface area contributed by atoms with Crippen molar-refractivity contribution in [2.24, 2.45) is 0 Å². The lowest BCUT2D eigenvalue weighted by Crippen LogP contribution is -2.02. The van der Waals surface area contributed by atoms with Gasteiger partial charge in [0.25, 0.3) is 0 Å². The van der Waals surface area contributed by atoms with Gasteiger partial charge in [0.2, 0.25) is 11.2 Å². The number of halogens is 4. The van der Waals surface area contributed by atoms with E-state index < -0.39 is 0 Å². The van der Waals surface area contributed by atoms with Crippen molar-refractivity contribution in [3.63, 3.8) is 0 Å². The highest BCUT2D eigenvalue weighted by Gasteiger charge is 2.14. The van der Waals surface area contributed by atoms with Crippen LogP contribution >= 0.6 is 46.4 Å². The molecular formula is C16H7Cl4N5O. The van der Waals surface area contributed by atoms with Gasteiger partial charge < -0.3 is 10.1 Å². The molecule has 10 heteroatoms. The maximum atomic E-state index is 8.83. The molecule has 0 fully saturated rings. The van der Waals surface area contributed by atoms with Gasteiger partial charge in [-0.3, -0.25) is 0 Å². The molecule has 0 spiro atoms. The van der Waals surface area contributed by atoms with Crippen molar-refractivity contribution in [1.82, 2.24) is 15.0 Å². The van der Waals surface area contributed by atoms with E-state index in [1.165, 1.54) is 12.1 Å². The van der Waals surface area contributed by atoms with Gasteiger partial charge in [0, 0.05) is 10.7 Å². The smallest absolute Gasteiger partial charge is 0.328 e. The zero-order valence-electron chi connectivity index (χ0n) is 12.7. The molecule has 0 radical (unpaired) electrons. The van der Waals surface area contributed by atoms with Gasteiger partial charge in [-0.1, -0.05) is 34.8 Å². The largest absolute Gasteiger partial charge is 0.421 e. The molecular weight excluding hydrogens is 420 g/mol. The molecule has 3 aromatic rings. The van der Waals surface area contributed by atoms with E-state index >= 15 is 0 Å². The number of hydrogen-bond acceptors (Lipinski definition) is 6. The summed E-state index contributed by atoms with van der Waals surface area (Å²) in [6.07, 6.45) is 0. The average molecular weight is 427 g/mol. The first-order valence-electron chi connectivity index (χ1n) is 6.96. The van der Waals surface area contributed by atoms with Crippen LogP contribution in [0.5, 0.6) is 11.8 Å². The minimum absolute atomic E-state index is 0.0904. The molecule has 1 aromatic heterocycles. The van der Waals surface area contributed by atoms with E-state index in [-0.39, 0.29) is 33.0 Å². The summed E-state index contributed by atoms with van der Waals surface area (Å²) in [4.78, 5) is 12.0. The lowest BCUT2D eigenvalue weighted by molar-refractivity contribution is 0.441. The highest BCUT2D eigenvalue weighted by atomic mass is 35.5. The number of nitrogens with zero attached hydrogens (tertiary/aromatic N) is 4. The Morgan fingerprint density at radius 2 is 1.58 bits per heavy atom. The van der Waals surface area contributed by atoms with Gasteiger partial charge >= 0.3 is 6.01 Å². The lowest BCUT2D eigenvalue weighted by atomic mass is 10.2. The normalized spacial score (nSPS) is 10.3. The van der Waals surface area contributed by atoms with Gasteiger partial charge in [0.05, 0.1) is 21.7 Å². The van der Waals surface area contributed by atoms with Gasteiger partial charge in [-0.2, -0.15) is 20.2 Å². The molecule has 0 bridgehead atoms. The Kier molecular flexibility index (Phi) is 5.64. The number of benzene rings is 2. The quantitative estimate of drug-likeness (QED) is 0.559. The first kappa shape index (κ1) is 18.5. The molecule has 3 rings (SSSR count). The summed E-state index contributed by atoms with van der Waals surface area (Å²) in [5, 5.41) is 12.4. The molecule has 1 heterocycles. The predicted octanol–water partition coefficient (Wildman–Crippen LogP) is 5.89. The zero-order valence-corrected chi connectivity index (χ0v) is 15.7. The molecule has 0 aliphatic carbocycles. The zero-order chi connectivity index (χ0) is 18.7. The van der Waals surface area contributed by atoms with Gasteiger partial charge in [0.15, 0.2) is 5.75 Å². The van der Waals surface area contributed by atoms with Crippen molar-refractivity contribution >= 4 is 58.0 Å². The van der Waals surface area contributed by atoms with E-state index in [9.17, 15) is 0 Å². The summed E-state index contributed by atoms with van der Waals surface area (Å²) >= 11 is 24.0. The fraction of sp³-hybridized carbons (Fsp3) is 0. The molecule has 130 valence electrons. The SMILES string of the molecule is N#Cc1ccc(Nc2nc(Cl)nc(Oc3c(Cl)cc(Cl)cc3Cl)n2)cc1. The second-order valence-electron chi connectivity index (χ2n) is 4.83. The fourth-order valence-corrected chi connectivity index (χ4v) is 2.95. The average Bonchev–Trinajstić information content (AvgIpc) is 2.58. The van der Waals surface area contributed by atoms with E-state index in [0.29, 0.717) is 16.3 Å². The van der Waals surface area contributed by atoms with E-state index in [1.54, 1.807) is 24.3 Å². The molecule has 0 saturated heterocycles. The Balaban J connectivity index is 1.87. The van der Waals surface area contributed by atoms with Crippen LogP contribution in [0.2, 0.25) is 20.4 Å². The number of ether oxygens (including phenoxy) is 1. The van der Waals surface area contributed by atoms with Crippen LogP contribution in [0, 0.1) is 11.3 Å². The third kappa shape index (κ3) is 4.45. The van der Waals surface area contributed by atoms with Crippen LogP contribution in [0.25, 0.3) is 0 Å². The molecule has 6 nitrogen and oxygen atoms in total. The monoisotopic (exact) mass is 425 g/mol. The lowest BCUT2D eigenvalue weighted by Gasteiger charge is -2.10. The molecule has 0 amide bonds. The van der Waals surface area contributed by atoms with Crippen molar-refractivity contribution in [2.45, 2.75) is 0 Å². The van der Waals surface area contributed by atoms with Crippen molar-refractivity contribution < 1.29 is 4.74 Å². The number of nitrogens with one attached hydrogen (secondary N) is 1. The van der Waals surface area contributed by atoms with Crippen molar-refractivity contribution in [3.05, 3.63) is 62.3 Å². The maximum Gasteiger partial charge on any atom is 0.328 e. The summed E-state index contributed by atoms with van der Waals surface area (Å²) in [6.45, 7) is 0. The topological polar surface area (TPSA) is 83.7 Å². The predicted molar refractivity (Wildman–Crippen MR) is 101 cm³/mol. The van der Waals surface area contributed by atoms with Crippen LogP contribution < -0.4 is 10.1 Å². The number of rotatable bonds is 4. The van der Waals surface area contributed by atoms with Crippen LogP contribution in [-0.2, 0) is 0 Å². The summed E-state index contributed by atoms with van der Waals surface area (Å²) in [6, 6.07) is 11.6. The molecule has 0 unspecified atom stereocenters. The number of hydrogen-bond donors (Lipinski definition) is 1. The fourth-order valence-electron chi connectivity index (χ4n) is 1.91. The Hall–Kier alpha value is -2.30. The second-order valence-corrected chi connectivity index (χ2v) is 6.41. The van der Waals surface area contributed by atoms with Gasteiger partial charge in [-0.05, 0) is 48.0 Å². The van der Waals surface area contributed by atoms with Crippen LogP contribution in [0.15, 0.2) is 36.4 Å². The summed E-state index contributed by atoms with van der Waals surface area (Å²) in [7, 11) is 0. The van der Waals surface area contributed by atoms with E-state index in [0.717, 1.165) is 0 Å². The Labute approximate surface area is 168 Å². The first-order valence-corrected chi connectivity index (χ1v) is 8.47. The van der Waals surface area contributed by atoms with Crippen molar-refractivity contribution in [2.75, 3.05) is 5.32 Å². The molecule has 2 aromatic carbocycles. The minimum Gasteiger partial charge on any atom is -0.421 e. The van der Waals surface area contributed by atoms with Crippen molar-refractivity contribution in [1.29, 1.82) is 5.26 Å². The first-order chi connectivity index (χ1) is 12.4. The Morgan fingerprint density at radius 1 is 0.923 bits per heavy atom. The molecule has 0 saturated carbocycles. The molecule has 0 atom stereocenters. The molecule has 1 N–H and O–H groups in total. The highest BCUT2D eigenvalue weighted by molar-refractivity contribution is 6.40. The van der Waals surface area contributed by atoms with E-state index in [1.807, 2.05) is 6.07 Å². The third-order valence-corrected chi connectivity index (χ3v) is 3.96. The number of aromatic nitrogens is 3. The van der Waals surface area contributed by atoms with Crippen molar-refractivity contribution in [3.8, 4) is 17.8 Å². The number of nitriles is 1. The summed E-state index contributed by atoms with van der Waals surface area (Å²) in [5.41, 5.74) is 1.18. The number of anilines is 2. The van der Waals surface area contributed by atoms with Crippen LogP contribution in [0.1, 0.15) is 5.56 Å². The van der Waals surface area contributed by atoms with Crippen LogP contribution in [0.3, 0.4) is 0 Å². The van der Waals surface area contributed by atoms with Gasteiger partial charge in [-0.15, -0.1) is 0 Å². The van der Waals surface area contributed by atoms with E-state index in [2.05, 4.69) is 20.3 Å².